The van der Waals surface area contributed by atoms with Gasteiger partial charge in [0.1, 0.15) is 0 Å². The Balaban J connectivity index is 1.94. The number of ketones is 1. The van der Waals surface area contributed by atoms with Crippen molar-refractivity contribution in [2.24, 2.45) is 0 Å². The normalized spacial score (nSPS) is 17.6. The second-order valence-electron chi connectivity index (χ2n) is 6.19. The predicted molar refractivity (Wildman–Crippen MR) is 104 cm³/mol. The van der Waals surface area contributed by atoms with Crippen LogP contribution in [-0.4, -0.2) is 47.9 Å². The number of hydrogen-bond acceptors (Lipinski definition) is 5. The Kier molecular flexibility index (Phi) is 5.90. The van der Waals surface area contributed by atoms with Gasteiger partial charge in [-0.3, -0.25) is 9.59 Å². The van der Waals surface area contributed by atoms with Crippen LogP contribution in [0.4, 0.5) is 0 Å². The topological polar surface area (TPSA) is 62.1 Å². The SMILES string of the molecule is CC[NH+](CC)CCN1C(=O)C(O)=C(C(=O)c2cccs2)[C@H]1c1cccs1. The van der Waals surface area contributed by atoms with Crippen LogP contribution in [0.25, 0.3) is 0 Å². The van der Waals surface area contributed by atoms with Gasteiger partial charge in [-0.2, -0.15) is 0 Å². The molecule has 0 fully saturated rings. The minimum Gasteiger partial charge on any atom is -0.503 e. The van der Waals surface area contributed by atoms with E-state index in [1.165, 1.54) is 27.6 Å². The summed E-state index contributed by atoms with van der Waals surface area (Å²) in [5.41, 5.74) is 0.203. The predicted octanol–water partition coefficient (Wildman–Crippen LogP) is 2.31. The molecule has 0 bridgehead atoms. The van der Waals surface area contributed by atoms with Gasteiger partial charge in [-0.25, -0.2) is 0 Å². The highest BCUT2D eigenvalue weighted by Gasteiger charge is 2.44. The third-order valence-electron chi connectivity index (χ3n) is 4.81. The smallest absolute Gasteiger partial charge is 0.290 e. The molecule has 3 heterocycles. The van der Waals surface area contributed by atoms with Gasteiger partial charge in [0.2, 0.25) is 5.78 Å². The van der Waals surface area contributed by atoms with E-state index < -0.39 is 17.7 Å². The molecule has 0 saturated heterocycles. The molecule has 0 unspecified atom stereocenters. The van der Waals surface area contributed by atoms with Crippen LogP contribution >= 0.6 is 22.7 Å². The van der Waals surface area contributed by atoms with Gasteiger partial charge in [-0.15, -0.1) is 22.7 Å². The van der Waals surface area contributed by atoms with Gasteiger partial charge in [0.05, 0.1) is 42.7 Å². The molecule has 0 spiro atoms. The van der Waals surface area contributed by atoms with Crippen molar-refractivity contribution < 1.29 is 19.6 Å². The number of hydrogen-bond donors (Lipinski definition) is 2. The van der Waals surface area contributed by atoms with Gasteiger partial charge in [-0.1, -0.05) is 12.1 Å². The Bertz CT molecular complexity index is 793. The number of quaternary nitrogens is 1. The van der Waals surface area contributed by atoms with E-state index in [2.05, 4.69) is 13.8 Å². The Labute approximate surface area is 161 Å². The van der Waals surface area contributed by atoms with Crippen LogP contribution in [0.5, 0.6) is 0 Å². The summed E-state index contributed by atoms with van der Waals surface area (Å²) in [5.74, 6) is -1.12. The quantitative estimate of drug-likeness (QED) is 0.679. The molecule has 2 aromatic heterocycles. The van der Waals surface area contributed by atoms with Crippen molar-refractivity contribution in [1.29, 1.82) is 0 Å². The summed E-state index contributed by atoms with van der Waals surface area (Å²) >= 11 is 2.82. The van der Waals surface area contributed by atoms with Crippen molar-refractivity contribution in [2.45, 2.75) is 19.9 Å². The number of aliphatic hydroxyl groups is 1. The molecule has 3 rings (SSSR count). The Morgan fingerprint density at radius 2 is 1.88 bits per heavy atom. The minimum absolute atomic E-state index is 0.203. The first-order chi connectivity index (χ1) is 12.6. The summed E-state index contributed by atoms with van der Waals surface area (Å²) < 4.78 is 0. The number of aliphatic hydroxyl groups excluding tert-OH is 1. The minimum atomic E-state index is -0.507. The van der Waals surface area contributed by atoms with Crippen LogP contribution in [0.15, 0.2) is 46.4 Å². The number of thiophene rings is 2. The van der Waals surface area contributed by atoms with Crippen molar-refractivity contribution in [1.82, 2.24) is 4.90 Å². The number of carbonyl (C=O) groups excluding carboxylic acids is 2. The van der Waals surface area contributed by atoms with Crippen molar-refractivity contribution >= 4 is 34.4 Å². The van der Waals surface area contributed by atoms with Gasteiger partial charge in [0.15, 0.2) is 5.76 Å². The molecule has 0 saturated carbocycles. The number of likely N-dealkylation sites (N-methyl/N-ethyl adjacent to an activating group) is 1. The molecule has 138 valence electrons. The second-order valence-corrected chi connectivity index (χ2v) is 8.12. The van der Waals surface area contributed by atoms with Gasteiger partial charge in [-0.05, 0) is 36.7 Å². The number of Topliss-reactive ketones (excluding diaryl/α,β-unsaturated/α-hetero) is 1. The molecule has 26 heavy (non-hydrogen) atoms. The average molecular weight is 392 g/mol. The molecule has 5 nitrogen and oxygen atoms in total. The van der Waals surface area contributed by atoms with Crippen LogP contribution in [-0.2, 0) is 4.79 Å². The number of nitrogens with one attached hydrogen (secondary N) is 1. The standard InChI is InChI=1S/C19H22N2O3S2/c1-3-20(4-2)9-10-21-16(13-7-5-11-25-13)15(18(23)19(21)24)17(22)14-8-6-12-26-14/h5-8,11-12,16,23H,3-4,9-10H2,1-2H3/p+1/t16-/m1/s1. The lowest BCUT2D eigenvalue weighted by atomic mass is 10.0. The van der Waals surface area contributed by atoms with E-state index in [1.54, 1.807) is 17.0 Å². The highest BCUT2D eigenvalue weighted by molar-refractivity contribution is 7.12. The lowest BCUT2D eigenvalue weighted by Crippen LogP contribution is -3.12. The molecule has 0 aromatic carbocycles. The zero-order chi connectivity index (χ0) is 18.7. The van der Waals surface area contributed by atoms with E-state index in [4.69, 9.17) is 0 Å². The monoisotopic (exact) mass is 391 g/mol. The summed E-state index contributed by atoms with van der Waals surface area (Å²) in [6, 6.07) is 6.84. The van der Waals surface area contributed by atoms with Crippen LogP contribution in [0.3, 0.4) is 0 Å². The maximum Gasteiger partial charge on any atom is 0.290 e. The third-order valence-corrected chi connectivity index (χ3v) is 6.61. The summed E-state index contributed by atoms with van der Waals surface area (Å²) in [4.78, 5) is 30.2. The van der Waals surface area contributed by atoms with Gasteiger partial charge in [0.25, 0.3) is 5.91 Å². The summed E-state index contributed by atoms with van der Waals surface area (Å²) in [5, 5.41) is 14.3. The molecule has 2 N–H and O–H groups in total. The zero-order valence-corrected chi connectivity index (χ0v) is 16.5. The largest absolute Gasteiger partial charge is 0.503 e. The second kappa shape index (κ2) is 8.16. The average Bonchev–Trinajstić information content (AvgIpc) is 3.39. The highest BCUT2D eigenvalue weighted by atomic mass is 32.1. The van der Waals surface area contributed by atoms with Gasteiger partial charge in [0, 0.05) is 4.88 Å². The molecule has 1 atom stereocenters. The molecule has 0 radical (unpaired) electrons. The van der Waals surface area contributed by atoms with Gasteiger partial charge < -0.3 is 14.9 Å². The van der Waals surface area contributed by atoms with Crippen molar-refractivity contribution in [3.8, 4) is 0 Å². The van der Waals surface area contributed by atoms with Crippen LogP contribution < -0.4 is 4.90 Å². The number of nitrogens with zero attached hydrogens (tertiary/aromatic N) is 1. The van der Waals surface area contributed by atoms with E-state index in [-0.39, 0.29) is 11.4 Å². The first-order valence-electron chi connectivity index (χ1n) is 8.77. The molecule has 1 aliphatic rings. The molecule has 1 aliphatic heterocycles. The summed E-state index contributed by atoms with van der Waals surface area (Å²) in [6.45, 7) is 7.47. The Hall–Kier alpha value is -1.96. The first-order valence-corrected chi connectivity index (χ1v) is 10.5. The van der Waals surface area contributed by atoms with Crippen molar-refractivity contribution in [2.75, 3.05) is 26.2 Å². The number of rotatable bonds is 8. The fourth-order valence-corrected chi connectivity index (χ4v) is 4.80. The van der Waals surface area contributed by atoms with E-state index in [0.29, 0.717) is 11.4 Å². The van der Waals surface area contributed by atoms with Gasteiger partial charge >= 0.3 is 0 Å². The Morgan fingerprint density at radius 3 is 2.46 bits per heavy atom. The maximum absolute atomic E-state index is 13.0. The number of carbonyl (C=O) groups is 2. The highest BCUT2D eigenvalue weighted by Crippen LogP contribution is 2.40. The number of amides is 1. The van der Waals surface area contributed by atoms with E-state index in [0.717, 1.165) is 24.5 Å². The summed E-state index contributed by atoms with van der Waals surface area (Å²) in [6.07, 6.45) is 0. The van der Waals surface area contributed by atoms with Crippen molar-refractivity contribution in [3.63, 3.8) is 0 Å². The molecular formula is C19H23N2O3S2+. The summed E-state index contributed by atoms with van der Waals surface area (Å²) in [7, 11) is 0. The third kappa shape index (κ3) is 3.47. The van der Waals surface area contributed by atoms with E-state index in [9.17, 15) is 14.7 Å². The van der Waals surface area contributed by atoms with Crippen LogP contribution in [0.2, 0.25) is 0 Å². The fourth-order valence-electron chi connectivity index (χ4n) is 3.28. The Morgan fingerprint density at radius 1 is 1.19 bits per heavy atom. The van der Waals surface area contributed by atoms with Crippen molar-refractivity contribution in [3.05, 3.63) is 56.1 Å². The molecule has 2 aromatic rings. The maximum atomic E-state index is 13.0. The fraction of sp³-hybridized carbons (Fsp3) is 0.368. The lowest BCUT2D eigenvalue weighted by Gasteiger charge is -2.27. The zero-order valence-electron chi connectivity index (χ0n) is 14.9. The van der Waals surface area contributed by atoms with Crippen LogP contribution in [0, 0.1) is 0 Å². The first kappa shape index (κ1) is 18.8. The van der Waals surface area contributed by atoms with E-state index in [1.807, 2.05) is 22.9 Å². The van der Waals surface area contributed by atoms with Crippen LogP contribution in [0.1, 0.15) is 34.4 Å². The van der Waals surface area contributed by atoms with E-state index >= 15 is 0 Å². The molecule has 7 heteroatoms. The molecular weight excluding hydrogens is 368 g/mol. The lowest BCUT2D eigenvalue weighted by molar-refractivity contribution is -0.895. The molecule has 0 aliphatic carbocycles. The molecule has 1 amide bonds.